The molecule has 4 heteroatoms. The molecule has 0 aromatic heterocycles. The maximum absolute atomic E-state index is 5.39. The smallest absolute Gasteiger partial charge is 0.0700 e. The zero-order valence-corrected chi connectivity index (χ0v) is 11.8. The van der Waals surface area contributed by atoms with Gasteiger partial charge in [-0.1, -0.05) is 22.9 Å². The molecule has 0 N–H and O–H groups in total. The van der Waals surface area contributed by atoms with E-state index in [4.69, 9.17) is 9.47 Å². The minimum atomic E-state index is 0.609. The number of hydrogen-bond acceptors (Lipinski definition) is 3. The fraction of sp³-hybridized carbons (Fsp3) is 1.00. The van der Waals surface area contributed by atoms with E-state index in [1.165, 1.54) is 6.42 Å². The van der Waals surface area contributed by atoms with Crippen LogP contribution in [0.1, 0.15) is 19.8 Å². The third-order valence-corrected chi connectivity index (χ3v) is 2.63. The van der Waals surface area contributed by atoms with E-state index in [1.54, 1.807) is 7.11 Å². The predicted octanol–water partition coefficient (Wildman–Crippen LogP) is 2.14. The molecule has 0 bridgehead atoms. The normalized spacial score (nSPS) is 13.4. The van der Waals surface area contributed by atoms with E-state index >= 15 is 0 Å². The van der Waals surface area contributed by atoms with Crippen LogP contribution in [-0.2, 0) is 9.47 Å². The lowest BCUT2D eigenvalue weighted by Gasteiger charge is -2.17. The van der Waals surface area contributed by atoms with E-state index in [-0.39, 0.29) is 0 Å². The Kier molecular flexibility index (Phi) is 11.1. The minimum Gasteiger partial charge on any atom is -0.382 e. The molecular weight excluding hydrogens is 258 g/mol. The topological polar surface area (TPSA) is 21.7 Å². The van der Waals surface area contributed by atoms with Crippen LogP contribution in [0.5, 0.6) is 0 Å². The number of methoxy groups -OCH3 is 1. The van der Waals surface area contributed by atoms with Gasteiger partial charge in [-0.25, -0.2) is 0 Å². The first-order valence-corrected chi connectivity index (χ1v) is 6.47. The Morgan fingerprint density at radius 1 is 1.20 bits per heavy atom. The Morgan fingerprint density at radius 3 is 2.53 bits per heavy atom. The van der Waals surface area contributed by atoms with Crippen LogP contribution < -0.4 is 0 Å². The van der Waals surface area contributed by atoms with Gasteiger partial charge in [-0.15, -0.1) is 0 Å². The van der Waals surface area contributed by atoms with Crippen molar-refractivity contribution in [1.29, 1.82) is 0 Å². The first-order chi connectivity index (χ1) is 7.16. The van der Waals surface area contributed by atoms with Gasteiger partial charge in [0.05, 0.1) is 13.2 Å². The van der Waals surface area contributed by atoms with Crippen LogP contribution in [0.4, 0.5) is 0 Å². The Hall–Kier alpha value is 0.360. The fourth-order valence-corrected chi connectivity index (χ4v) is 1.40. The molecule has 0 aromatic rings. The molecule has 1 unspecified atom stereocenters. The van der Waals surface area contributed by atoms with Gasteiger partial charge >= 0.3 is 0 Å². The Balaban J connectivity index is 3.13. The molecular formula is C11H24BrNO2. The Labute approximate surface area is 102 Å². The molecule has 0 aromatic carbocycles. The van der Waals surface area contributed by atoms with Crippen molar-refractivity contribution >= 4 is 15.9 Å². The second kappa shape index (κ2) is 10.9. The molecule has 0 saturated heterocycles. The molecule has 0 aliphatic rings. The number of ether oxygens (including phenoxy) is 2. The van der Waals surface area contributed by atoms with Crippen LogP contribution in [0.3, 0.4) is 0 Å². The Morgan fingerprint density at radius 2 is 1.93 bits per heavy atom. The molecule has 0 radical (unpaired) electrons. The van der Waals surface area contributed by atoms with E-state index < -0.39 is 0 Å². The monoisotopic (exact) mass is 281 g/mol. The quantitative estimate of drug-likeness (QED) is 0.452. The van der Waals surface area contributed by atoms with Gasteiger partial charge in [0.25, 0.3) is 0 Å². The van der Waals surface area contributed by atoms with Crippen molar-refractivity contribution < 1.29 is 9.47 Å². The van der Waals surface area contributed by atoms with Crippen LogP contribution in [0.25, 0.3) is 0 Å². The van der Waals surface area contributed by atoms with Crippen LogP contribution in [0.2, 0.25) is 0 Å². The summed E-state index contributed by atoms with van der Waals surface area (Å²) in [7, 11) is 3.85. The highest BCUT2D eigenvalue weighted by molar-refractivity contribution is 9.09. The molecule has 3 nitrogen and oxygen atoms in total. The number of halogens is 1. The predicted molar refractivity (Wildman–Crippen MR) is 67.8 cm³/mol. The standard InChI is InChI=1S/C11H24BrNO2/c1-11(12)5-7-13(2)6-4-8-15-10-9-14-3/h11H,4-10H2,1-3H3. The van der Waals surface area contributed by atoms with Crippen molar-refractivity contribution in [3.63, 3.8) is 0 Å². The third-order valence-electron chi connectivity index (χ3n) is 2.17. The average molecular weight is 282 g/mol. The zero-order chi connectivity index (χ0) is 11.5. The number of alkyl halides is 1. The molecule has 92 valence electrons. The van der Waals surface area contributed by atoms with E-state index in [0.29, 0.717) is 18.0 Å². The van der Waals surface area contributed by atoms with E-state index in [1.807, 2.05) is 0 Å². The highest BCUT2D eigenvalue weighted by atomic mass is 79.9. The number of hydrogen-bond donors (Lipinski definition) is 0. The molecule has 0 amide bonds. The second-order valence-corrected chi connectivity index (χ2v) is 5.39. The summed E-state index contributed by atoms with van der Waals surface area (Å²) in [6.45, 7) is 6.66. The summed E-state index contributed by atoms with van der Waals surface area (Å²) < 4.78 is 10.3. The lowest BCUT2D eigenvalue weighted by Crippen LogP contribution is -2.23. The molecule has 0 saturated carbocycles. The molecule has 15 heavy (non-hydrogen) atoms. The lowest BCUT2D eigenvalue weighted by molar-refractivity contribution is 0.0662. The van der Waals surface area contributed by atoms with Gasteiger partial charge in [-0.2, -0.15) is 0 Å². The van der Waals surface area contributed by atoms with Crippen LogP contribution in [0.15, 0.2) is 0 Å². The molecule has 0 rings (SSSR count). The molecule has 1 atom stereocenters. The number of rotatable bonds is 10. The average Bonchev–Trinajstić information content (AvgIpc) is 2.20. The van der Waals surface area contributed by atoms with Crippen LogP contribution in [-0.4, -0.2) is 56.8 Å². The summed E-state index contributed by atoms with van der Waals surface area (Å²) in [6, 6.07) is 0. The van der Waals surface area contributed by atoms with Gasteiger partial charge in [-0.05, 0) is 26.4 Å². The van der Waals surface area contributed by atoms with E-state index in [2.05, 4.69) is 34.8 Å². The third kappa shape index (κ3) is 12.3. The van der Waals surface area contributed by atoms with Crippen LogP contribution in [0, 0.1) is 0 Å². The van der Waals surface area contributed by atoms with Gasteiger partial charge in [0.15, 0.2) is 0 Å². The van der Waals surface area contributed by atoms with Crippen molar-refractivity contribution in [2.75, 3.05) is 47.1 Å². The van der Waals surface area contributed by atoms with Gasteiger partial charge in [0, 0.05) is 25.1 Å². The van der Waals surface area contributed by atoms with E-state index in [0.717, 1.165) is 26.1 Å². The highest BCUT2D eigenvalue weighted by Gasteiger charge is 2.00. The maximum Gasteiger partial charge on any atom is 0.0700 e. The SMILES string of the molecule is COCCOCCCN(C)CCC(C)Br. The van der Waals surface area contributed by atoms with Gasteiger partial charge in [0.1, 0.15) is 0 Å². The minimum absolute atomic E-state index is 0.609. The summed E-state index contributed by atoms with van der Waals surface area (Å²) in [6.07, 6.45) is 2.29. The second-order valence-electron chi connectivity index (χ2n) is 3.83. The maximum atomic E-state index is 5.39. The molecule has 0 spiro atoms. The highest BCUT2D eigenvalue weighted by Crippen LogP contribution is 2.03. The van der Waals surface area contributed by atoms with Crippen LogP contribution >= 0.6 is 15.9 Å². The largest absolute Gasteiger partial charge is 0.382 e. The summed E-state index contributed by atoms with van der Waals surface area (Å²) in [5.74, 6) is 0. The van der Waals surface area contributed by atoms with Gasteiger partial charge in [-0.3, -0.25) is 0 Å². The number of nitrogens with zero attached hydrogens (tertiary/aromatic N) is 1. The van der Waals surface area contributed by atoms with Crippen molar-refractivity contribution in [3.8, 4) is 0 Å². The molecule has 0 fully saturated rings. The van der Waals surface area contributed by atoms with E-state index in [9.17, 15) is 0 Å². The summed E-state index contributed by atoms with van der Waals surface area (Å²) in [4.78, 5) is 2.95. The fourth-order valence-electron chi connectivity index (χ4n) is 1.19. The Bertz CT molecular complexity index is 134. The summed E-state index contributed by atoms with van der Waals surface area (Å²) >= 11 is 3.55. The first-order valence-electron chi connectivity index (χ1n) is 5.56. The van der Waals surface area contributed by atoms with Crippen molar-refractivity contribution in [1.82, 2.24) is 4.90 Å². The lowest BCUT2D eigenvalue weighted by atomic mass is 10.3. The van der Waals surface area contributed by atoms with Gasteiger partial charge < -0.3 is 14.4 Å². The van der Waals surface area contributed by atoms with Crippen molar-refractivity contribution in [2.45, 2.75) is 24.6 Å². The van der Waals surface area contributed by atoms with Gasteiger partial charge in [0.2, 0.25) is 0 Å². The van der Waals surface area contributed by atoms with Crippen molar-refractivity contribution in [2.24, 2.45) is 0 Å². The molecule has 0 heterocycles. The zero-order valence-electron chi connectivity index (χ0n) is 10.2. The van der Waals surface area contributed by atoms with Crippen molar-refractivity contribution in [3.05, 3.63) is 0 Å². The first kappa shape index (κ1) is 15.4. The molecule has 0 aliphatic carbocycles. The molecule has 0 aliphatic heterocycles. The summed E-state index contributed by atoms with van der Waals surface area (Å²) in [5, 5.41) is 0. The summed E-state index contributed by atoms with van der Waals surface area (Å²) in [5.41, 5.74) is 0.